The van der Waals surface area contributed by atoms with Gasteiger partial charge in [0, 0.05) is 26.8 Å². The number of carbonyl (C=O) groups excluding carboxylic acids is 4. The van der Waals surface area contributed by atoms with Crippen LogP contribution in [-0.2, 0) is 37.2 Å². The quantitative estimate of drug-likeness (QED) is 0.434. The first kappa shape index (κ1) is 19.3. The molecule has 0 N–H and O–H groups in total. The highest BCUT2D eigenvalue weighted by molar-refractivity contribution is 6.75. The molecule has 0 fully saturated rings. The summed E-state index contributed by atoms with van der Waals surface area (Å²) in [6.07, 6.45) is -0.00264. The molecule has 0 spiro atoms. The van der Waals surface area contributed by atoms with Gasteiger partial charge in [-0.3, -0.25) is 19.2 Å². The lowest BCUT2D eigenvalue weighted by Gasteiger charge is -2.26. The molecule has 0 aromatic carbocycles. The van der Waals surface area contributed by atoms with Gasteiger partial charge in [-0.1, -0.05) is 0 Å². The fourth-order valence-corrected chi connectivity index (χ4v) is 7.47. The van der Waals surface area contributed by atoms with E-state index in [0.29, 0.717) is 6.04 Å². The Hall–Kier alpha value is -1.69. The number of ether oxygens (including phenoxy) is 1. The van der Waals surface area contributed by atoms with Crippen LogP contribution in [0.3, 0.4) is 0 Å². The number of hydrogen-bond acceptors (Lipinski definition) is 8. The molecule has 0 heterocycles. The molecule has 0 aliphatic rings. The maximum Gasteiger partial charge on any atom is 0.447 e. The molecule has 0 aliphatic heterocycles. The van der Waals surface area contributed by atoms with Crippen LogP contribution in [0.25, 0.3) is 0 Å². The second-order valence-electron chi connectivity index (χ2n) is 4.64. The molecular weight excluding hydrogens is 316 g/mol. The molecule has 0 bridgehead atoms. The first-order chi connectivity index (χ1) is 9.68. The lowest BCUT2D eigenvalue weighted by molar-refractivity contribution is -0.138. The standard InChI is InChI=1S/C11H20O8Si2/c1-9(13)17-20(18-10(2)14)5-6-21(4,8-16-7-12)19-11(3)15/h7,20H,5-6,8H2,1-4H3. The van der Waals surface area contributed by atoms with E-state index in [-0.39, 0.29) is 18.7 Å². The largest absolute Gasteiger partial charge is 0.516 e. The average Bonchev–Trinajstić information content (AvgIpc) is 2.31. The minimum absolute atomic E-state index is 0.00264. The number of hydrogen-bond donors (Lipinski definition) is 0. The fourth-order valence-electron chi connectivity index (χ4n) is 1.65. The number of rotatable bonds is 9. The van der Waals surface area contributed by atoms with Crippen molar-refractivity contribution >= 4 is 42.0 Å². The van der Waals surface area contributed by atoms with Gasteiger partial charge in [-0.15, -0.1) is 0 Å². The Bertz CT molecular complexity index is 384. The Morgan fingerprint density at radius 1 is 1.05 bits per heavy atom. The summed E-state index contributed by atoms with van der Waals surface area (Å²) in [5.41, 5.74) is 0. The molecule has 0 rings (SSSR count). The molecule has 0 aliphatic carbocycles. The van der Waals surface area contributed by atoms with E-state index in [2.05, 4.69) is 0 Å². The second-order valence-corrected chi connectivity index (χ2v) is 10.4. The van der Waals surface area contributed by atoms with Crippen LogP contribution in [0.1, 0.15) is 20.8 Å². The van der Waals surface area contributed by atoms with Crippen molar-refractivity contribution in [1.29, 1.82) is 0 Å². The number of carbonyl (C=O) groups is 4. The van der Waals surface area contributed by atoms with Gasteiger partial charge < -0.3 is 18.0 Å². The van der Waals surface area contributed by atoms with Crippen molar-refractivity contribution in [1.82, 2.24) is 0 Å². The zero-order valence-corrected chi connectivity index (χ0v) is 14.7. The van der Waals surface area contributed by atoms with Gasteiger partial charge in [0.05, 0.1) is 0 Å². The molecule has 0 amide bonds. The third kappa shape index (κ3) is 9.79. The Kier molecular flexibility index (Phi) is 8.54. The van der Waals surface area contributed by atoms with Gasteiger partial charge >= 0.3 is 9.28 Å². The van der Waals surface area contributed by atoms with Gasteiger partial charge in [0.15, 0.2) is 0 Å². The molecule has 1 unspecified atom stereocenters. The minimum atomic E-state index is -2.65. The predicted octanol–water partition coefficient (Wildman–Crippen LogP) is 0.184. The third-order valence-electron chi connectivity index (χ3n) is 2.35. The van der Waals surface area contributed by atoms with Crippen molar-refractivity contribution in [3.63, 3.8) is 0 Å². The van der Waals surface area contributed by atoms with E-state index >= 15 is 0 Å². The smallest absolute Gasteiger partial charge is 0.447 e. The maximum absolute atomic E-state index is 11.1. The Labute approximate surface area is 125 Å². The second kappa shape index (κ2) is 9.29. The topological polar surface area (TPSA) is 105 Å². The summed E-state index contributed by atoms with van der Waals surface area (Å²) in [5, 5.41) is 0. The van der Waals surface area contributed by atoms with Crippen LogP contribution in [0, 0.1) is 0 Å². The van der Waals surface area contributed by atoms with E-state index in [4.69, 9.17) is 18.0 Å². The first-order valence-electron chi connectivity index (χ1n) is 6.28. The summed E-state index contributed by atoms with van der Waals surface area (Å²) in [4.78, 5) is 43.4. The van der Waals surface area contributed by atoms with Crippen LogP contribution < -0.4 is 0 Å². The van der Waals surface area contributed by atoms with E-state index < -0.39 is 35.5 Å². The Balaban J connectivity index is 4.71. The van der Waals surface area contributed by atoms with Gasteiger partial charge in [-0.05, 0) is 12.6 Å². The van der Waals surface area contributed by atoms with Gasteiger partial charge in [0.25, 0.3) is 32.7 Å². The van der Waals surface area contributed by atoms with Gasteiger partial charge in [-0.25, -0.2) is 0 Å². The zero-order chi connectivity index (χ0) is 16.5. The zero-order valence-electron chi connectivity index (χ0n) is 12.5. The molecule has 0 aromatic rings. The van der Waals surface area contributed by atoms with Crippen molar-refractivity contribution in [2.45, 2.75) is 39.4 Å². The molecule has 8 nitrogen and oxygen atoms in total. The molecule has 1 atom stereocenters. The van der Waals surface area contributed by atoms with Crippen LogP contribution in [0.4, 0.5) is 0 Å². The summed E-state index contributed by atoms with van der Waals surface area (Å²) < 4.78 is 19.9. The van der Waals surface area contributed by atoms with Crippen LogP contribution in [-0.4, -0.2) is 48.2 Å². The highest BCUT2D eigenvalue weighted by Crippen LogP contribution is 2.18. The van der Waals surface area contributed by atoms with Crippen molar-refractivity contribution in [2.75, 3.05) is 6.23 Å². The highest BCUT2D eigenvalue weighted by Gasteiger charge is 2.36. The summed E-state index contributed by atoms with van der Waals surface area (Å²) in [5.74, 6) is -1.54. The van der Waals surface area contributed by atoms with Crippen molar-refractivity contribution in [3.8, 4) is 0 Å². The fraction of sp³-hybridized carbons (Fsp3) is 0.636. The third-order valence-corrected chi connectivity index (χ3v) is 7.78. The first-order valence-corrected chi connectivity index (χ1v) is 10.9. The van der Waals surface area contributed by atoms with E-state index in [9.17, 15) is 19.2 Å². The molecule has 10 heteroatoms. The van der Waals surface area contributed by atoms with E-state index in [0.717, 1.165) is 0 Å². The van der Waals surface area contributed by atoms with Crippen LogP contribution >= 0.6 is 0 Å². The molecule has 0 saturated heterocycles. The van der Waals surface area contributed by atoms with E-state index in [1.54, 1.807) is 6.55 Å². The van der Waals surface area contributed by atoms with Crippen molar-refractivity contribution < 1.29 is 37.2 Å². The maximum atomic E-state index is 11.1. The normalized spacial score (nSPS) is 13.0. The lowest BCUT2D eigenvalue weighted by Crippen LogP contribution is -2.43. The van der Waals surface area contributed by atoms with Crippen LogP contribution in [0.2, 0.25) is 18.6 Å². The molecular formula is C11H20O8Si2. The summed E-state index contributed by atoms with van der Waals surface area (Å²) >= 11 is 0. The minimum Gasteiger partial charge on any atom is -0.516 e. The van der Waals surface area contributed by atoms with Crippen LogP contribution in [0.15, 0.2) is 0 Å². The molecule has 0 saturated carbocycles. The van der Waals surface area contributed by atoms with Crippen molar-refractivity contribution in [2.24, 2.45) is 0 Å². The molecule has 21 heavy (non-hydrogen) atoms. The Morgan fingerprint density at radius 3 is 1.95 bits per heavy atom. The van der Waals surface area contributed by atoms with E-state index in [1.807, 2.05) is 0 Å². The SMILES string of the molecule is CC(=O)O[SiH](CC[Si](C)(COC=O)OC(C)=O)OC(C)=O. The van der Waals surface area contributed by atoms with Crippen molar-refractivity contribution in [3.05, 3.63) is 0 Å². The summed E-state index contributed by atoms with van der Waals surface area (Å²) in [7, 11) is -5.18. The monoisotopic (exact) mass is 336 g/mol. The molecule has 0 aromatic heterocycles. The Morgan fingerprint density at radius 2 is 1.57 bits per heavy atom. The summed E-state index contributed by atoms with van der Waals surface area (Å²) in [6.45, 7) is 5.70. The molecule has 0 radical (unpaired) electrons. The predicted molar refractivity (Wildman–Crippen MR) is 75.7 cm³/mol. The van der Waals surface area contributed by atoms with E-state index in [1.165, 1.54) is 20.8 Å². The molecule has 120 valence electrons. The van der Waals surface area contributed by atoms with Gasteiger partial charge in [-0.2, -0.15) is 0 Å². The lowest BCUT2D eigenvalue weighted by atomic mass is 10.9. The van der Waals surface area contributed by atoms with Crippen LogP contribution in [0.5, 0.6) is 0 Å². The highest BCUT2D eigenvalue weighted by atomic mass is 28.4. The average molecular weight is 336 g/mol. The van der Waals surface area contributed by atoms with Gasteiger partial charge in [0.1, 0.15) is 6.23 Å². The van der Waals surface area contributed by atoms with Gasteiger partial charge in [0.2, 0.25) is 0 Å². The summed E-state index contributed by atoms with van der Waals surface area (Å²) in [6, 6.07) is 0.648.